The second-order valence-electron chi connectivity index (χ2n) is 11.3. The smallest absolute Gasteiger partial charge is 0.0795 e. The summed E-state index contributed by atoms with van der Waals surface area (Å²) in [6.45, 7) is 7.00. The van der Waals surface area contributed by atoms with Crippen molar-refractivity contribution in [2.75, 3.05) is 0 Å². The van der Waals surface area contributed by atoms with Crippen LogP contribution in [0.3, 0.4) is 0 Å². The van der Waals surface area contributed by atoms with Crippen LogP contribution in [0.4, 0.5) is 0 Å². The van der Waals surface area contributed by atoms with E-state index in [2.05, 4.69) is 110 Å². The van der Waals surface area contributed by atoms with Gasteiger partial charge in [0.05, 0.1) is 8.07 Å². The molecule has 0 bridgehead atoms. The largest absolute Gasteiger partial charge is 0.305 e. The zero-order valence-corrected chi connectivity index (χ0v) is 29.0. The Hall–Kier alpha value is -3.51. The van der Waals surface area contributed by atoms with Gasteiger partial charge < -0.3 is 9.97 Å². The first-order chi connectivity index (χ1) is 20.5. The molecule has 0 saturated carbocycles. The summed E-state index contributed by atoms with van der Waals surface area (Å²) in [5.41, 5.74) is 4.16. The van der Waals surface area contributed by atoms with Gasteiger partial charge in [-0.15, -0.1) is 71.0 Å². The van der Waals surface area contributed by atoms with Gasteiger partial charge >= 0.3 is 0 Å². The van der Waals surface area contributed by atoms with Crippen LogP contribution in [0.1, 0.15) is 0 Å². The molecule has 0 aliphatic heterocycles. The molecule has 0 aliphatic rings. The third-order valence-corrected chi connectivity index (χ3v) is 11.8. The summed E-state index contributed by atoms with van der Waals surface area (Å²) in [6.07, 6.45) is 4.03. The molecule has 0 aliphatic carbocycles. The van der Waals surface area contributed by atoms with Crippen molar-refractivity contribution in [1.29, 1.82) is 0 Å². The number of pyridine rings is 2. The van der Waals surface area contributed by atoms with Gasteiger partial charge in [0.15, 0.2) is 0 Å². The Morgan fingerprint density at radius 3 is 1.98 bits per heavy atom. The van der Waals surface area contributed by atoms with Crippen molar-refractivity contribution in [2.45, 2.75) is 19.6 Å². The molecule has 2 nitrogen and oxygen atoms in total. The maximum absolute atomic E-state index is 4.80. The minimum absolute atomic E-state index is 0. The second-order valence-corrected chi connectivity index (χ2v) is 18.5. The summed E-state index contributed by atoms with van der Waals surface area (Å²) in [4.78, 5) is 9.32. The minimum Gasteiger partial charge on any atom is -0.305 e. The number of rotatable bonds is 3. The van der Waals surface area contributed by atoms with E-state index < -0.39 is 8.07 Å². The van der Waals surface area contributed by atoms with Gasteiger partial charge in [-0.05, 0) is 38.8 Å². The van der Waals surface area contributed by atoms with Crippen LogP contribution in [-0.2, 0) is 20.1 Å². The van der Waals surface area contributed by atoms with Gasteiger partial charge in [-0.3, -0.25) is 0 Å². The molecule has 6 heteroatoms. The third kappa shape index (κ3) is 5.86. The summed E-state index contributed by atoms with van der Waals surface area (Å²) in [7, 11) is -1.23. The summed E-state index contributed by atoms with van der Waals surface area (Å²) < 4.78 is 5.17. The van der Waals surface area contributed by atoms with Gasteiger partial charge in [0.2, 0.25) is 0 Å². The van der Waals surface area contributed by atoms with Crippen molar-refractivity contribution in [3.05, 3.63) is 128 Å². The molecule has 43 heavy (non-hydrogen) atoms. The van der Waals surface area contributed by atoms with E-state index in [0.717, 1.165) is 22.5 Å². The Kier molecular flexibility index (Phi) is 8.41. The van der Waals surface area contributed by atoms with Crippen LogP contribution in [-0.4, -0.2) is 18.0 Å². The molecule has 0 fully saturated rings. The van der Waals surface area contributed by atoms with E-state index in [1.54, 1.807) is 0 Å². The first-order valence-electron chi connectivity index (χ1n) is 14.0. The van der Waals surface area contributed by atoms with Crippen molar-refractivity contribution in [3.63, 3.8) is 0 Å². The zero-order valence-electron chi connectivity index (χ0n) is 24.0. The van der Waals surface area contributed by atoms with Crippen molar-refractivity contribution in [2.24, 2.45) is 0 Å². The second kappa shape index (κ2) is 12.2. The van der Waals surface area contributed by atoms with E-state index in [4.69, 9.17) is 4.98 Å². The van der Waals surface area contributed by atoms with Gasteiger partial charge in [0, 0.05) is 57.4 Å². The molecular weight excluding hydrogens is 757 g/mol. The number of fused-ring (bicyclic) bond motifs is 6. The van der Waals surface area contributed by atoms with Crippen LogP contribution in [0.15, 0.2) is 116 Å². The van der Waals surface area contributed by atoms with Crippen molar-refractivity contribution in [1.82, 2.24) is 9.97 Å². The van der Waals surface area contributed by atoms with Gasteiger partial charge in [-0.2, -0.15) is 11.3 Å². The maximum Gasteiger partial charge on any atom is 0.0795 e. The van der Waals surface area contributed by atoms with E-state index in [1.165, 1.54) is 45.5 Å². The number of aromatic nitrogens is 2. The Labute approximate surface area is 274 Å². The fourth-order valence-electron chi connectivity index (χ4n) is 5.19. The first-order valence-corrected chi connectivity index (χ1v) is 19.1. The van der Waals surface area contributed by atoms with Crippen molar-refractivity contribution in [3.8, 4) is 22.5 Å². The predicted octanol–water partition coefficient (Wildman–Crippen LogP) is 10.4. The van der Waals surface area contributed by atoms with Crippen LogP contribution < -0.4 is 5.19 Å². The van der Waals surface area contributed by atoms with E-state index in [-0.39, 0.29) is 20.1 Å². The monoisotopic (exact) mass is 785 g/mol. The van der Waals surface area contributed by atoms with E-state index >= 15 is 0 Å². The van der Waals surface area contributed by atoms with Gasteiger partial charge in [0.25, 0.3) is 0 Å². The SMILES string of the molecule is C[Si](C)(C)c1ccc(-c2[c-]cccc2)nc1.[Ir].[c-]1ccc2c(sc3ccccc32)c1-c1cc2sc3ccccc3c2cn1. The molecule has 0 unspecified atom stereocenters. The van der Waals surface area contributed by atoms with Crippen molar-refractivity contribution < 1.29 is 20.1 Å². The van der Waals surface area contributed by atoms with Gasteiger partial charge in [-0.25, -0.2) is 0 Å². The molecule has 0 spiro atoms. The number of hydrogen-bond acceptors (Lipinski definition) is 4. The molecule has 4 aromatic heterocycles. The van der Waals surface area contributed by atoms with Crippen LogP contribution in [0.25, 0.3) is 62.9 Å². The molecule has 4 aromatic carbocycles. The molecule has 0 amide bonds. The molecule has 8 rings (SSSR count). The van der Waals surface area contributed by atoms with Crippen molar-refractivity contribution >= 4 is 76.3 Å². The summed E-state index contributed by atoms with van der Waals surface area (Å²) >= 11 is 3.66. The normalized spacial score (nSPS) is 11.4. The Morgan fingerprint density at radius 2 is 1.28 bits per heavy atom. The van der Waals surface area contributed by atoms with Gasteiger partial charge in [0.1, 0.15) is 0 Å². The summed E-state index contributed by atoms with van der Waals surface area (Å²) in [5, 5.41) is 6.52. The molecule has 0 saturated heterocycles. The van der Waals surface area contributed by atoms with Crippen LogP contribution in [0.2, 0.25) is 19.6 Å². The third-order valence-electron chi connectivity index (χ3n) is 7.47. The number of benzene rings is 4. The average molecular weight is 785 g/mol. The topological polar surface area (TPSA) is 25.8 Å². The summed E-state index contributed by atoms with van der Waals surface area (Å²) in [5.74, 6) is 0. The molecule has 0 N–H and O–H groups in total. The van der Waals surface area contributed by atoms with E-state index in [1.807, 2.05) is 65.4 Å². The molecule has 213 valence electrons. The molecule has 1 radical (unpaired) electrons. The minimum atomic E-state index is -1.23. The van der Waals surface area contributed by atoms with E-state index in [9.17, 15) is 0 Å². The zero-order chi connectivity index (χ0) is 28.7. The Balaban J connectivity index is 0.000000168. The molecule has 8 aromatic rings. The quantitative estimate of drug-likeness (QED) is 0.132. The Morgan fingerprint density at radius 1 is 0.581 bits per heavy atom. The van der Waals surface area contributed by atoms with Crippen LogP contribution in [0.5, 0.6) is 0 Å². The average Bonchev–Trinajstić information content (AvgIpc) is 3.59. The fourth-order valence-corrected chi connectivity index (χ4v) is 8.54. The number of nitrogens with zero attached hydrogens (tertiary/aromatic N) is 2. The molecule has 4 heterocycles. The van der Waals surface area contributed by atoms with E-state index in [0.29, 0.717) is 0 Å². The van der Waals surface area contributed by atoms with Crippen LogP contribution in [0, 0.1) is 12.1 Å². The Bertz CT molecular complexity index is 2180. The first kappa shape index (κ1) is 29.6. The summed E-state index contributed by atoms with van der Waals surface area (Å²) in [6, 6.07) is 42.4. The van der Waals surface area contributed by atoms with Gasteiger partial charge in [-0.1, -0.05) is 79.6 Å². The molecular formula is C37H28IrN2S2Si-2. The standard InChI is InChI=1S/C23H12NS2.C14H16NSi.Ir/c1-4-11-21-14(6-1)16-8-5-9-17(23(16)26-21)19-12-22-18(13-24-19)15-7-2-3-10-20(15)25-22;1-16(2,3)13-9-10-14(15-11-13)12-7-5-4-6-8-12;/h1-8,10-13H;4-7,9-11H,1-3H3;/q2*-1;. The van der Waals surface area contributed by atoms with Crippen LogP contribution >= 0.6 is 22.7 Å². The molecule has 0 atom stereocenters. The number of hydrogen-bond donors (Lipinski definition) is 0. The number of thiophene rings is 2. The predicted molar refractivity (Wildman–Crippen MR) is 186 cm³/mol. The maximum atomic E-state index is 4.80. The fraction of sp³-hybridized carbons (Fsp3) is 0.0811.